The molecule has 0 bridgehead atoms. The zero-order chi connectivity index (χ0) is 18.2. The quantitative estimate of drug-likeness (QED) is 0.551. The molecular weight excluding hydrogens is 364 g/mol. The van der Waals surface area contributed by atoms with E-state index in [9.17, 15) is 9.59 Å². The molecule has 1 aliphatic carbocycles. The average Bonchev–Trinajstić information content (AvgIpc) is 3.09. The fraction of sp³-hybridized carbons (Fsp3) is 0.900. The molecule has 27 heavy (non-hydrogen) atoms. The van der Waals surface area contributed by atoms with Crippen molar-refractivity contribution in [2.24, 2.45) is 5.92 Å². The topological polar surface area (TPSA) is 64.7 Å². The molecule has 2 heterocycles. The molecule has 3 aliphatic rings. The zero-order valence-electron chi connectivity index (χ0n) is 16.6. The molecule has 156 valence electrons. The molecule has 1 saturated carbocycles. The number of hydrogen-bond donors (Lipinski definition) is 2. The maximum absolute atomic E-state index is 12.4. The van der Waals surface area contributed by atoms with Crippen molar-refractivity contribution in [3.8, 4) is 0 Å². The lowest BCUT2D eigenvalue weighted by Gasteiger charge is -2.34. The molecule has 0 spiro atoms. The number of likely N-dealkylation sites (tertiary alicyclic amines) is 2. The summed E-state index contributed by atoms with van der Waals surface area (Å²) in [5, 5.41) is 6.69. The minimum absolute atomic E-state index is 0. The smallest absolute Gasteiger partial charge is 0.319 e. The van der Waals surface area contributed by atoms with Crippen molar-refractivity contribution in [1.82, 2.24) is 20.4 Å². The Labute approximate surface area is 170 Å². The number of amides is 3. The first-order valence-electron chi connectivity index (χ1n) is 10.8. The molecule has 0 aromatic heterocycles. The average molecular weight is 401 g/mol. The largest absolute Gasteiger partial charge is 0.355 e. The highest BCUT2D eigenvalue weighted by Crippen LogP contribution is 2.20. The van der Waals surface area contributed by atoms with Gasteiger partial charge in [-0.3, -0.25) is 4.79 Å². The van der Waals surface area contributed by atoms with Crippen LogP contribution in [0, 0.1) is 5.92 Å². The minimum atomic E-state index is 0. The fourth-order valence-electron chi connectivity index (χ4n) is 4.53. The molecule has 3 amide bonds. The lowest BCUT2D eigenvalue weighted by molar-refractivity contribution is -0.126. The Morgan fingerprint density at radius 2 is 1.33 bits per heavy atom. The van der Waals surface area contributed by atoms with Gasteiger partial charge in [0.15, 0.2) is 0 Å². The van der Waals surface area contributed by atoms with Gasteiger partial charge < -0.3 is 20.4 Å². The van der Waals surface area contributed by atoms with Crippen molar-refractivity contribution in [2.45, 2.75) is 70.3 Å². The van der Waals surface area contributed by atoms with Crippen LogP contribution in [0.2, 0.25) is 0 Å². The van der Waals surface area contributed by atoms with E-state index in [4.69, 9.17) is 0 Å². The minimum Gasteiger partial charge on any atom is -0.355 e. The third kappa shape index (κ3) is 6.83. The summed E-state index contributed by atoms with van der Waals surface area (Å²) >= 11 is 0. The third-order valence-electron chi connectivity index (χ3n) is 6.23. The standard InChI is InChI=1S/C20H36N4O2.ClH/c25-19(22-12-11-21-18-7-3-1-2-4-8-18)17-9-15-24(16-10-17)20(26)23-13-5-6-14-23;/h17-18,21H,1-16H2,(H,22,25);1H. The number of urea groups is 1. The van der Waals surface area contributed by atoms with E-state index < -0.39 is 0 Å². The van der Waals surface area contributed by atoms with E-state index in [2.05, 4.69) is 10.6 Å². The Morgan fingerprint density at radius 3 is 1.96 bits per heavy atom. The van der Waals surface area contributed by atoms with E-state index in [1.807, 2.05) is 9.80 Å². The van der Waals surface area contributed by atoms with Gasteiger partial charge in [0.1, 0.15) is 0 Å². The van der Waals surface area contributed by atoms with Crippen molar-refractivity contribution >= 4 is 24.3 Å². The summed E-state index contributed by atoms with van der Waals surface area (Å²) in [6.07, 6.45) is 11.8. The zero-order valence-corrected chi connectivity index (χ0v) is 17.4. The number of nitrogens with one attached hydrogen (secondary N) is 2. The van der Waals surface area contributed by atoms with Gasteiger partial charge in [-0.05, 0) is 38.5 Å². The summed E-state index contributed by atoms with van der Waals surface area (Å²) in [5.74, 6) is 0.233. The molecule has 3 rings (SSSR count). The van der Waals surface area contributed by atoms with Crippen molar-refractivity contribution in [2.75, 3.05) is 39.3 Å². The second kappa shape index (κ2) is 11.7. The predicted octanol–water partition coefficient (Wildman–Crippen LogP) is 2.76. The summed E-state index contributed by atoms with van der Waals surface area (Å²) in [7, 11) is 0. The molecule has 7 heteroatoms. The first kappa shape index (κ1) is 22.3. The summed E-state index contributed by atoms with van der Waals surface area (Å²) in [6.45, 7) is 4.80. The Bertz CT molecular complexity index is 455. The monoisotopic (exact) mass is 400 g/mol. The maximum Gasteiger partial charge on any atom is 0.319 e. The van der Waals surface area contributed by atoms with Crippen LogP contribution in [0.4, 0.5) is 4.79 Å². The summed E-state index contributed by atoms with van der Waals surface area (Å²) in [6, 6.07) is 0.809. The number of halogens is 1. The van der Waals surface area contributed by atoms with Crippen LogP contribution in [-0.2, 0) is 4.79 Å². The van der Waals surface area contributed by atoms with Crippen LogP contribution in [0.1, 0.15) is 64.2 Å². The van der Waals surface area contributed by atoms with E-state index in [-0.39, 0.29) is 30.3 Å². The molecule has 2 aliphatic heterocycles. The van der Waals surface area contributed by atoms with Gasteiger partial charge in [0.05, 0.1) is 0 Å². The van der Waals surface area contributed by atoms with Crippen LogP contribution in [0.3, 0.4) is 0 Å². The van der Waals surface area contributed by atoms with Gasteiger partial charge in [-0.25, -0.2) is 4.79 Å². The molecule has 0 atom stereocenters. The molecule has 0 aromatic rings. The molecule has 3 fully saturated rings. The molecule has 0 unspecified atom stereocenters. The van der Waals surface area contributed by atoms with Crippen molar-refractivity contribution in [3.05, 3.63) is 0 Å². The number of rotatable bonds is 5. The van der Waals surface area contributed by atoms with Crippen molar-refractivity contribution in [3.63, 3.8) is 0 Å². The number of piperidine rings is 1. The van der Waals surface area contributed by atoms with Gasteiger partial charge in [0.2, 0.25) is 5.91 Å². The predicted molar refractivity (Wildman–Crippen MR) is 110 cm³/mol. The van der Waals surface area contributed by atoms with Crippen LogP contribution < -0.4 is 10.6 Å². The van der Waals surface area contributed by atoms with E-state index >= 15 is 0 Å². The normalized spacial score (nSPS) is 22.2. The van der Waals surface area contributed by atoms with Crippen LogP contribution in [0.15, 0.2) is 0 Å². The van der Waals surface area contributed by atoms with Crippen LogP contribution in [0.25, 0.3) is 0 Å². The van der Waals surface area contributed by atoms with Crippen LogP contribution in [0.5, 0.6) is 0 Å². The lowest BCUT2D eigenvalue weighted by Crippen LogP contribution is -2.48. The van der Waals surface area contributed by atoms with Gasteiger partial charge in [0.25, 0.3) is 0 Å². The lowest BCUT2D eigenvalue weighted by atomic mass is 9.96. The summed E-state index contributed by atoms with van der Waals surface area (Å²) in [4.78, 5) is 28.7. The van der Waals surface area contributed by atoms with Gasteiger partial charge in [-0.15, -0.1) is 12.4 Å². The summed E-state index contributed by atoms with van der Waals surface area (Å²) < 4.78 is 0. The molecule has 6 nitrogen and oxygen atoms in total. The highest BCUT2D eigenvalue weighted by Gasteiger charge is 2.30. The second-order valence-electron chi connectivity index (χ2n) is 8.17. The van der Waals surface area contributed by atoms with E-state index in [1.165, 1.54) is 38.5 Å². The Kier molecular flexibility index (Phi) is 9.69. The van der Waals surface area contributed by atoms with Crippen molar-refractivity contribution < 1.29 is 9.59 Å². The Balaban J connectivity index is 0.00000261. The number of hydrogen-bond acceptors (Lipinski definition) is 3. The van der Waals surface area contributed by atoms with Gasteiger partial charge >= 0.3 is 6.03 Å². The number of carbonyl (C=O) groups is 2. The molecule has 2 N–H and O–H groups in total. The number of carbonyl (C=O) groups excluding carboxylic acids is 2. The molecule has 0 aromatic carbocycles. The fourth-order valence-corrected chi connectivity index (χ4v) is 4.53. The Hall–Kier alpha value is -1.01. The summed E-state index contributed by atoms with van der Waals surface area (Å²) in [5.41, 5.74) is 0. The highest BCUT2D eigenvalue weighted by atomic mass is 35.5. The highest BCUT2D eigenvalue weighted by molar-refractivity contribution is 5.85. The van der Waals surface area contributed by atoms with Gasteiger partial charge in [-0.2, -0.15) is 0 Å². The van der Waals surface area contributed by atoms with E-state index in [0.717, 1.165) is 45.3 Å². The molecular formula is C20H37ClN4O2. The van der Waals surface area contributed by atoms with E-state index in [1.54, 1.807) is 0 Å². The number of nitrogens with zero attached hydrogens (tertiary/aromatic N) is 2. The maximum atomic E-state index is 12.4. The first-order valence-corrected chi connectivity index (χ1v) is 10.8. The Morgan fingerprint density at radius 1 is 0.741 bits per heavy atom. The first-order chi connectivity index (χ1) is 12.7. The second-order valence-corrected chi connectivity index (χ2v) is 8.17. The molecule has 0 radical (unpaired) electrons. The third-order valence-corrected chi connectivity index (χ3v) is 6.23. The molecule has 2 saturated heterocycles. The van der Waals surface area contributed by atoms with E-state index in [0.29, 0.717) is 25.7 Å². The van der Waals surface area contributed by atoms with Gasteiger partial charge in [0, 0.05) is 51.2 Å². The SMILES string of the molecule is Cl.O=C(NCCNC1CCCCCC1)C1CCN(C(=O)N2CCCC2)CC1. The van der Waals surface area contributed by atoms with Crippen LogP contribution >= 0.6 is 12.4 Å². The van der Waals surface area contributed by atoms with Crippen LogP contribution in [-0.4, -0.2) is 67.0 Å². The van der Waals surface area contributed by atoms with Gasteiger partial charge in [-0.1, -0.05) is 25.7 Å². The van der Waals surface area contributed by atoms with Crippen molar-refractivity contribution in [1.29, 1.82) is 0 Å².